The second kappa shape index (κ2) is 8.34. The molecule has 2 aromatic rings. The van der Waals surface area contributed by atoms with Gasteiger partial charge in [-0.2, -0.15) is 0 Å². The Morgan fingerprint density at radius 2 is 1.62 bits per heavy atom. The Morgan fingerprint density at radius 1 is 0.931 bits per heavy atom. The minimum atomic E-state index is -0.110. The number of amides is 3. The summed E-state index contributed by atoms with van der Waals surface area (Å²) in [7, 11) is 0. The van der Waals surface area contributed by atoms with E-state index in [1.807, 2.05) is 0 Å². The second-order valence-corrected chi connectivity index (χ2v) is 7.09. The van der Waals surface area contributed by atoms with Gasteiger partial charge in [-0.3, -0.25) is 14.4 Å². The van der Waals surface area contributed by atoms with E-state index in [0.29, 0.717) is 63.7 Å². The monoisotopic (exact) mass is 397 g/mol. The lowest BCUT2D eigenvalue weighted by Crippen LogP contribution is -2.49. The van der Waals surface area contributed by atoms with Gasteiger partial charge in [0.2, 0.25) is 6.41 Å². The maximum Gasteiger partial charge on any atom is 0.289 e. The van der Waals surface area contributed by atoms with Crippen molar-refractivity contribution in [3.8, 4) is 0 Å². The highest BCUT2D eigenvalue weighted by Crippen LogP contribution is 2.18. The Bertz CT molecular complexity index is 869. The van der Waals surface area contributed by atoms with Gasteiger partial charge in [-0.25, -0.2) is 4.98 Å². The van der Waals surface area contributed by atoms with E-state index in [2.05, 4.69) is 9.88 Å². The third-order valence-corrected chi connectivity index (χ3v) is 5.37. The first-order chi connectivity index (χ1) is 14.2. The Hall–Kier alpha value is -3.36. The van der Waals surface area contributed by atoms with Gasteiger partial charge in [0, 0.05) is 64.1 Å². The molecular weight excluding hydrogens is 374 g/mol. The van der Waals surface area contributed by atoms with Crippen molar-refractivity contribution in [2.24, 2.45) is 0 Å². The van der Waals surface area contributed by atoms with Crippen molar-refractivity contribution in [3.63, 3.8) is 0 Å². The molecule has 0 aromatic carbocycles. The van der Waals surface area contributed by atoms with Gasteiger partial charge in [-0.15, -0.1) is 0 Å². The lowest BCUT2D eigenvalue weighted by atomic mass is 10.2. The van der Waals surface area contributed by atoms with Gasteiger partial charge < -0.3 is 24.0 Å². The van der Waals surface area contributed by atoms with Crippen molar-refractivity contribution >= 4 is 24.0 Å². The van der Waals surface area contributed by atoms with Crippen molar-refractivity contribution in [2.45, 2.75) is 0 Å². The van der Waals surface area contributed by atoms with E-state index >= 15 is 0 Å². The Kier molecular flexibility index (Phi) is 5.46. The van der Waals surface area contributed by atoms with E-state index in [0.717, 1.165) is 12.2 Å². The highest BCUT2D eigenvalue weighted by atomic mass is 16.3. The number of furan rings is 1. The van der Waals surface area contributed by atoms with Crippen LogP contribution in [0.15, 0.2) is 41.1 Å². The summed E-state index contributed by atoms with van der Waals surface area (Å²) in [6.45, 7) is 4.56. The fourth-order valence-corrected chi connectivity index (χ4v) is 3.63. The molecule has 152 valence electrons. The smallest absolute Gasteiger partial charge is 0.289 e. The minimum absolute atomic E-state index is 0.0502. The van der Waals surface area contributed by atoms with Gasteiger partial charge in [-0.05, 0) is 24.3 Å². The van der Waals surface area contributed by atoms with E-state index in [1.165, 1.54) is 6.26 Å². The van der Waals surface area contributed by atoms with E-state index < -0.39 is 0 Å². The van der Waals surface area contributed by atoms with Gasteiger partial charge in [0.25, 0.3) is 11.8 Å². The molecule has 9 heteroatoms. The fraction of sp³-hybridized carbons (Fsp3) is 0.400. The predicted octanol–water partition coefficient (Wildman–Crippen LogP) is 0.551. The summed E-state index contributed by atoms with van der Waals surface area (Å²) in [5, 5.41) is 0. The van der Waals surface area contributed by atoms with Crippen LogP contribution in [0.2, 0.25) is 0 Å². The highest BCUT2D eigenvalue weighted by Gasteiger charge is 2.26. The van der Waals surface area contributed by atoms with Gasteiger partial charge in [0.1, 0.15) is 5.82 Å². The minimum Gasteiger partial charge on any atom is -0.459 e. The molecule has 0 spiro atoms. The third kappa shape index (κ3) is 4.08. The number of anilines is 1. The van der Waals surface area contributed by atoms with Crippen LogP contribution < -0.4 is 4.90 Å². The van der Waals surface area contributed by atoms with E-state index in [1.54, 1.807) is 45.2 Å². The lowest BCUT2D eigenvalue weighted by molar-refractivity contribution is -0.119. The molecule has 0 N–H and O–H groups in total. The molecule has 4 rings (SSSR count). The molecular formula is C20H23N5O4. The number of carbonyl (C=O) groups is 3. The highest BCUT2D eigenvalue weighted by molar-refractivity contribution is 5.95. The maximum atomic E-state index is 12.8. The zero-order chi connectivity index (χ0) is 20.2. The molecule has 0 radical (unpaired) electrons. The van der Waals surface area contributed by atoms with Gasteiger partial charge in [-0.1, -0.05) is 0 Å². The number of piperazine rings is 2. The molecule has 2 fully saturated rings. The molecule has 29 heavy (non-hydrogen) atoms. The first-order valence-corrected chi connectivity index (χ1v) is 9.68. The van der Waals surface area contributed by atoms with Crippen molar-refractivity contribution < 1.29 is 18.8 Å². The number of hydrogen-bond acceptors (Lipinski definition) is 6. The number of carbonyl (C=O) groups excluding carboxylic acids is 3. The summed E-state index contributed by atoms with van der Waals surface area (Å²) in [6.07, 6.45) is 3.96. The zero-order valence-electron chi connectivity index (χ0n) is 16.1. The summed E-state index contributed by atoms with van der Waals surface area (Å²) in [5.74, 6) is 0.915. The Balaban J connectivity index is 1.37. The SMILES string of the molecule is O=CN1CCN(C(=O)c2ccnc(N3CCN(C(=O)c4ccco4)CC3)c2)CC1. The largest absolute Gasteiger partial charge is 0.459 e. The fourth-order valence-electron chi connectivity index (χ4n) is 3.63. The third-order valence-electron chi connectivity index (χ3n) is 5.37. The number of rotatable bonds is 4. The Labute approximate surface area is 168 Å². The summed E-state index contributed by atoms with van der Waals surface area (Å²) in [5.41, 5.74) is 0.587. The maximum absolute atomic E-state index is 12.8. The average Bonchev–Trinajstić information content (AvgIpc) is 3.33. The van der Waals surface area contributed by atoms with Crippen LogP contribution in [0.4, 0.5) is 5.82 Å². The normalized spacial score (nSPS) is 17.4. The summed E-state index contributed by atoms with van der Waals surface area (Å²) in [4.78, 5) is 47.7. The molecule has 4 heterocycles. The number of hydrogen-bond donors (Lipinski definition) is 0. The first-order valence-electron chi connectivity index (χ1n) is 9.68. The molecule has 2 saturated heterocycles. The van der Waals surface area contributed by atoms with Gasteiger partial charge in [0.15, 0.2) is 5.76 Å². The van der Waals surface area contributed by atoms with Crippen LogP contribution in [0, 0.1) is 0 Å². The van der Waals surface area contributed by atoms with Crippen LogP contribution in [0.3, 0.4) is 0 Å². The van der Waals surface area contributed by atoms with Crippen LogP contribution in [0.1, 0.15) is 20.9 Å². The van der Waals surface area contributed by atoms with Crippen LogP contribution in [-0.2, 0) is 4.79 Å². The first kappa shape index (κ1) is 19.0. The molecule has 9 nitrogen and oxygen atoms in total. The molecule has 3 amide bonds. The van der Waals surface area contributed by atoms with E-state index in [4.69, 9.17) is 4.42 Å². The summed E-state index contributed by atoms with van der Waals surface area (Å²) in [6, 6.07) is 6.89. The zero-order valence-corrected chi connectivity index (χ0v) is 16.1. The Morgan fingerprint density at radius 3 is 2.28 bits per heavy atom. The number of aromatic nitrogens is 1. The molecule has 0 unspecified atom stereocenters. The van der Waals surface area contributed by atoms with Gasteiger partial charge >= 0.3 is 0 Å². The average molecular weight is 397 g/mol. The van der Waals surface area contributed by atoms with Crippen LogP contribution >= 0.6 is 0 Å². The predicted molar refractivity (Wildman–Crippen MR) is 105 cm³/mol. The lowest BCUT2D eigenvalue weighted by Gasteiger charge is -2.35. The quantitative estimate of drug-likeness (QED) is 0.700. The molecule has 0 atom stereocenters. The van der Waals surface area contributed by atoms with Crippen molar-refractivity contribution in [2.75, 3.05) is 57.3 Å². The van der Waals surface area contributed by atoms with E-state index in [-0.39, 0.29) is 11.8 Å². The van der Waals surface area contributed by atoms with Crippen molar-refractivity contribution in [1.29, 1.82) is 0 Å². The molecule has 2 aliphatic heterocycles. The van der Waals surface area contributed by atoms with Crippen LogP contribution in [-0.4, -0.2) is 90.3 Å². The number of nitrogens with zero attached hydrogens (tertiary/aromatic N) is 5. The molecule has 2 aliphatic rings. The summed E-state index contributed by atoms with van der Waals surface area (Å²) >= 11 is 0. The van der Waals surface area contributed by atoms with Crippen molar-refractivity contribution in [3.05, 3.63) is 48.0 Å². The van der Waals surface area contributed by atoms with E-state index in [9.17, 15) is 14.4 Å². The summed E-state index contributed by atoms with van der Waals surface area (Å²) < 4.78 is 5.19. The molecule has 0 saturated carbocycles. The van der Waals surface area contributed by atoms with Gasteiger partial charge in [0.05, 0.1) is 6.26 Å². The second-order valence-electron chi connectivity index (χ2n) is 7.09. The molecule has 0 aliphatic carbocycles. The molecule has 2 aromatic heterocycles. The van der Waals surface area contributed by atoms with Crippen LogP contribution in [0.25, 0.3) is 0 Å². The topological polar surface area (TPSA) is 90.2 Å². The van der Waals surface area contributed by atoms with Crippen LogP contribution in [0.5, 0.6) is 0 Å². The van der Waals surface area contributed by atoms with Crippen molar-refractivity contribution in [1.82, 2.24) is 19.7 Å². The molecule has 0 bridgehead atoms. The number of pyridine rings is 1. The standard InChI is InChI=1S/C20H23N5O4/c26-15-22-5-7-24(8-6-22)19(27)16-3-4-21-18(14-16)23-9-11-25(12-10-23)20(28)17-2-1-13-29-17/h1-4,13-15H,5-12H2.